The van der Waals surface area contributed by atoms with Gasteiger partial charge in [0.1, 0.15) is 30.0 Å². The van der Waals surface area contributed by atoms with Crippen molar-refractivity contribution in [2.75, 3.05) is 82.5 Å². The van der Waals surface area contributed by atoms with Crippen molar-refractivity contribution in [3.63, 3.8) is 0 Å². The van der Waals surface area contributed by atoms with Crippen molar-refractivity contribution < 1.29 is 47.8 Å². The summed E-state index contributed by atoms with van der Waals surface area (Å²) < 4.78 is 19.1. The van der Waals surface area contributed by atoms with Gasteiger partial charge in [-0.2, -0.15) is 4.98 Å². The number of amides is 8. The van der Waals surface area contributed by atoms with Gasteiger partial charge in [0.2, 0.25) is 23.7 Å². The van der Waals surface area contributed by atoms with Crippen molar-refractivity contribution in [1.29, 1.82) is 0 Å². The summed E-state index contributed by atoms with van der Waals surface area (Å²) in [6, 6.07) is 12.1. The molecule has 404 valence electrons. The lowest BCUT2D eigenvalue weighted by Crippen LogP contribution is -2.54. The van der Waals surface area contributed by atoms with Gasteiger partial charge in [-0.1, -0.05) is 57.9 Å². The summed E-state index contributed by atoms with van der Waals surface area (Å²) >= 11 is 0. The number of nitrogen functional groups attached to an aromatic ring is 1. The fourth-order valence-corrected chi connectivity index (χ4v) is 8.56. The number of rotatable bonds is 28. The van der Waals surface area contributed by atoms with E-state index in [-0.39, 0.29) is 57.6 Å². The van der Waals surface area contributed by atoms with Crippen LogP contribution < -0.4 is 42.8 Å². The molecule has 0 saturated carbocycles. The molecule has 9 N–H and O–H groups in total. The molecule has 8 amide bonds. The number of imide groups is 1. The van der Waals surface area contributed by atoms with Crippen LogP contribution in [-0.2, 0) is 53.1 Å². The largest absolute Gasteiger partial charge is 0.496 e. The highest BCUT2D eigenvalue weighted by Crippen LogP contribution is 2.28. The third-order valence-corrected chi connectivity index (χ3v) is 12.7. The Morgan fingerprint density at radius 3 is 2.25 bits per heavy atom. The molecule has 23 nitrogen and oxygen atoms in total. The van der Waals surface area contributed by atoms with Crippen LogP contribution in [0.25, 0.3) is 11.0 Å². The summed E-state index contributed by atoms with van der Waals surface area (Å²) in [6.45, 7) is 10.2. The number of anilines is 3. The van der Waals surface area contributed by atoms with Gasteiger partial charge >= 0.3 is 12.1 Å². The number of hydrogen-bond donors (Lipinski definition) is 7. The number of piperazine rings is 1. The van der Waals surface area contributed by atoms with E-state index in [1.165, 1.54) is 12.2 Å². The van der Waals surface area contributed by atoms with Gasteiger partial charge in [-0.25, -0.2) is 14.6 Å². The van der Waals surface area contributed by atoms with Crippen LogP contribution in [0.15, 0.2) is 66.9 Å². The monoisotopic (exact) mass is 1040 g/mol. The van der Waals surface area contributed by atoms with E-state index in [4.69, 9.17) is 25.7 Å². The molecule has 0 aliphatic carbocycles. The molecule has 2 aromatic carbocycles. The molecule has 0 bridgehead atoms. The molecule has 4 aromatic rings. The molecule has 75 heavy (non-hydrogen) atoms. The Kier molecular flexibility index (Phi) is 21.1. The average Bonchev–Trinajstić information content (AvgIpc) is 3.94. The molecule has 2 aliphatic rings. The van der Waals surface area contributed by atoms with Crippen LogP contribution in [-0.4, -0.2) is 149 Å². The number of carbonyl (C=O) groups excluding carboxylic acids is 7. The highest BCUT2D eigenvalue weighted by atomic mass is 16.6. The van der Waals surface area contributed by atoms with Gasteiger partial charge in [0.05, 0.1) is 38.9 Å². The predicted molar refractivity (Wildman–Crippen MR) is 281 cm³/mol. The van der Waals surface area contributed by atoms with E-state index in [0.29, 0.717) is 62.8 Å². The molecule has 0 radical (unpaired) electrons. The van der Waals surface area contributed by atoms with Crippen molar-refractivity contribution in [2.24, 2.45) is 11.7 Å². The first-order chi connectivity index (χ1) is 36.1. The lowest BCUT2D eigenvalue weighted by molar-refractivity contribution is -0.138. The molecular formula is C52H71N13O10. The van der Waals surface area contributed by atoms with E-state index in [1.54, 1.807) is 50.1 Å². The van der Waals surface area contributed by atoms with E-state index in [2.05, 4.69) is 71.1 Å². The number of hydrogen-bond acceptors (Lipinski definition) is 15. The topological polar surface area (TPSA) is 300 Å². The van der Waals surface area contributed by atoms with Crippen LogP contribution >= 0.6 is 0 Å². The van der Waals surface area contributed by atoms with Crippen molar-refractivity contribution in [3.05, 3.63) is 83.6 Å². The van der Waals surface area contributed by atoms with Gasteiger partial charge in [0.25, 0.3) is 11.8 Å². The third-order valence-electron chi connectivity index (χ3n) is 12.7. The number of primary amides is 1. The minimum Gasteiger partial charge on any atom is -0.496 e. The normalized spacial score (nSPS) is 14.5. The minimum absolute atomic E-state index is 0.00834. The number of nitrogens with one attached hydrogen (secondary N) is 5. The predicted octanol–water partition coefficient (Wildman–Crippen LogP) is 3.47. The van der Waals surface area contributed by atoms with E-state index in [9.17, 15) is 33.6 Å². The molecule has 2 unspecified atom stereocenters. The lowest BCUT2D eigenvalue weighted by Gasteiger charge is -2.34. The summed E-state index contributed by atoms with van der Waals surface area (Å²) in [5.74, 6) is -1.11. The van der Waals surface area contributed by atoms with Crippen molar-refractivity contribution >= 4 is 70.1 Å². The van der Waals surface area contributed by atoms with Gasteiger partial charge in [0.15, 0.2) is 5.82 Å². The summed E-state index contributed by atoms with van der Waals surface area (Å²) in [5.41, 5.74) is 16.1. The van der Waals surface area contributed by atoms with E-state index >= 15 is 0 Å². The number of ether oxygens (including phenoxy) is 3. The third kappa shape index (κ3) is 16.9. The second kappa shape index (κ2) is 28.0. The Labute approximate surface area is 436 Å². The molecule has 6 rings (SSSR count). The molecule has 4 heterocycles. The fourth-order valence-electron chi connectivity index (χ4n) is 8.56. The van der Waals surface area contributed by atoms with Crippen molar-refractivity contribution in [3.8, 4) is 5.75 Å². The zero-order valence-electron chi connectivity index (χ0n) is 43.2. The second-order valence-electron chi connectivity index (χ2n) is 18.7. The molecule has 23 heteroatoms. The number of aromatic nitrogens is 3. The van der Waals surface area contributed by atoms with E-state index in [1.807, 2.05) is 12.3 Å². The molecule has 2 aliphatic heterocycles. The van der Waals surface area contributed by atoms with Gasteiger partial charge in [0, 0.05) is 81.8 Å². The number of carbonyl (C=O) groups is 7. The first-order valence-electron chi connectivity index (χ1n) is 25.4. The van der Waals surface area contributed by atoms with Gasteiger partial charge in [-0.05, 0) is 60.6 Å². The molecule has 0 spiro atoms. The number of benzene rings is 2. The van der Waals surface area contributed by atoms with Gasteiger partial charge < -0.3 is 61.7 Å². The molecule has 2 atom stereocenters. The minimum atomic E-state index is -1.06. The highest BCUT2D eigenvalue weighted by molar-refractivity contribution is 6.12. The molecule has 1 saturated heterocycles. The maximum absolute atomic E-state index is 13.6. The van der Waals surface area contributed by atoms with Crippen molar-refractivity contribution in [1.82, 2.24) is 45.2 Å². The molecule has 1 fully saturated rings. The Morgan fingerprint density at radius 1 is 0.827 bits per heavy atom. The summed E-state index contributed by atoms with van der Waals surface area (Å²) in [7, 11) is 1.67. The summed E-state index contributed by atoms with van der Waals surface area (Å²) in [6.07, 6.45) is 7.52. The van der Waals surface area contributed by atoms with Crippen LogP contribution in [0.1, 0.15) is 76.0 Å². The maximum Gasteiger partial charge on any atom is 0.410 e. The van der Waals surface area contributed by atoms with E-state index < -0.39 is 53.7 Å². The fraction of sp³-hybridized carbons (Fsp3) is 0.481. The smallest absolute Gasteiger partial charge is 0.410 e. The van der Waals surface area contributed by atoms with Gasteiger partial charge in [-0.15, -0.1) is 0 Å². The van der Waals surface area contributed by atoms with Crippen LogP contribution in [0.2, 0.25) is 0 Å². The van der Waals surface area contributed by atoms with Crippen LogP contribution in [0, 0.1) is 5.92 Å². The zero-order chi connectivity index (χ0) is 53.9. The van der Waals surface area contributed by atoms with Crippen LogP contribution in [0.4, 0.5) is 27.0 Å². The first kappa shape index (κ1) is 56.5. The number of nitrogens with zero attached hydrogens (tertiary/aromatic N) is 6. The lowest BCUT2D eigenvalue weighted by atomic mass is 10.0. The number of urea groups is 1. The highest BCUT2D eigenvalue weighted by Gasteiger charge is 2.30. The number of unbranched alkanes of at least 4 members (excludes halogenated alkanes) is 2. The quantitative estimate of drug-likeness (QED) is 0.0317. The Morgan fingerprint density at radius 2 is 1.56 bits per heavy atom. The summed E-state index contributed by atoms with van der Waals surface area (Å²) in [4.78, 5) is 102. The van der Waals surface area contributed by atoms with E-state index in [0.717, 1.165) is 58.6 Å². The number of nitrogens with two attached hydrogens (primary N) is 2. The maximum atomic E-state index is 13.6. The second-order valence-corrected chi connectivity index (χ2v) is 18.7. The molecule has 2 aromatic heterocycles. The number of fused-ring (bicyclic) bond motifs is 1. The van der Waals surface area contributed by atoms with Crippen LogP contribution in [0.5, 0.6) is 5.75 Å². The SMILES string of the molecule is CCCCCNc1nc(N)nc2ccn(Cc3ccc(CN4CCN(C(=O)OCc5ccc(NC(=O)C(CCCNC(N)=O)NC(=O)C(NC(=O)CCOCCN6C(=O)C=CC6=O)C(C)C)cc5)CC4)cc3OC)c12. The standard InChI is InChI=1S/C52H71N13O10/c1-5-6-7-20-55-47-46-39(59-50(53)61-47)18-22-64(46)32-37-13-10-36(30-41(37)73-4)31-62-23-25-63(26-24-62)52(72)75-33-35-11-14-38(15-12-35)57-48(69)40(9-8-21-56-51(54)71)58-49(70)45(34(2)3)60-42(66)19-28-74-29-27-65-43(67)16-17-44(65)68/h10-18,22,30,34,40,45H,5-9,19-21,23-29,31-33H2,1-4H3,(H,57,69)(H,58,70)(H,60,66)(H3,54,56,71)(H3,53,55,59,61). The average molecular weight is 1040 g/mol. The zero-order valence-corrected chi connectivity index (χ0v) is 43.2. The van der Waals surface area contributed by atoms with Gasteiger partial charge in [-0.3, -0.25) is 33.8 Å². The Balaban J connectivity index is 0.944. The van der Waals surface area contributed by atoms with Crippen LogP contribution in [0.3, 0.4) is 0 Å². The Hall–Kier alpha value is -7.79. The summed E-state index contributed by atoms with van der Waals surface area (Å²) in [5, 5.41) is 14.2. The Bertz CT molecular complexity index is 2630. The first-order valence-corrected chi connectivity index (χ1v) is 25.4. The number of methoxy groups -OCH3 is 1. The molecular weight excluding hydrogens is 967 g/mol. The van der Waals surface area contributed by atoms with Crippen molar-refractivity contribution in [2.45, 2.75) is 91.1 Å².